The van der Waals surface area contributed by atoms with Gasteiger partial charge in [-0.05, 0) is 124 Å². The van der Waals surface area contributed by atoms with E-state index in [1.807, 2.05) is 0 Å². The van der Waals surface area contributed by atoms with Crippen LogP contribution in [0.15, 0.2) is 243 Å². The van der Waals surface area contributed by atoms with Gasteiger partial charge in [-0.1, -0.05) is 152 Å². The van der Waals surface area contributed by atoms with Crippen molar-refractivity contribution in [1.29, 1.82) is 0 Å². The molecular weight excluding hydrogens is 801 g/mol. The van der Waals surface area contributed by atoms with E-state index < -0.39 is 0 Å². The second kappa shape index (κ2) is 15.4. The van der Waals surface area contributed by atoms with Crippen molar-refractivity contribution in [3.8, 4) is 67.4 Å². The third kappa shape index (κ3) is 6.30. The molecule has 0 saturated heterocycles. The van der Waals surface area contributed by atoms with Gasteiger partial charge in [0, 0.05) is 49.4 Å². The van der Waals surface area contributed by atoms with Crippen molar-refractivity contribution in [1.82, 2.24) is 19.1 Å². The number of hydrogen-bond acceptors (Lipinski definition) is 2. The summed E-state index contributed by atoms with van der Waals surface area (Å²) in [6.07, 6.45) is 0. The van der Waals surface area contributed by atoms with Crippen LogP contribution >= 0.6 is 0 Å². The quantitative estimate of drug-likeness (QED) is 0.160. The van der Waals surface area contributed by atoms with Crippen LogP contribution in [-0.2, 0) is 0 Å². The van der Waals surface area contributed by atoms with E-state index in [4.69, 9.17) is 9.97 Å². The molecule has 0 radical (unpaired) electrons. The molecule has 4 heteroatoms. The highest BCUT2D eigenvalue weighted by molar-refractivity contribution is 6.11. The number of benzene rings is 10. The Morgan fingerprint density at radius 3 is 1.23 bits per heavy atom. The van der Waals surface area contributed by atoms with Gasteiger partial charge in [-0.25, -0.2) is 9.97 Å². The molecule has 0 amide bonds. The lowest BCUT2D eigenvalue weighted by molar-refractivity contribution is 1.17. The van der Waals surface area contributed by atoms with E-state index in [-0.39, 0.29) is 0 Å². The summed E-state index contributed by atoms with van der Waals surface area (Å²) in [6.45, 7) is 0. The first kappa shape index (κ1) is 37.7. The van der Waals surface area contributed by atoms with Crippen LogP contribution in [0.25, 0.3) is 122 Å². The van der Waals surface area contributed by atoms with E-state index in [1.54, 1.807) is 0 Å². The Morgan fingerprint density at radius 1 is 0.242 bits per heavy atom. The van der Waals surface area contributed by atoms with Crippen LogP contribution in [0.4, 0.5) is 0 Å². The van der Waals surface area contributed by atoms with E-state index >= 15 is 0 Å². The predicted octanol–water partition coefficient (Wildman–Crippen LogP) is 16.2. The molecule has 0 fully saturated rings. The average Bonchev–Trinajstić information content (AvgIpc) is 3.91. The molecule has 13 aromatic rings. The molecule has 0 spiro atoms. The summed E-state index contributed by atoms with van der Waals surface area (Å²) in [5, 5.41) is 6.00. The maximum absolute atomic E-state index is 5.31. The predicted molar refractivity (Wildman–Crippen MR) is 275 cm³/mol. The molecule has 308 valence electrons. The number of rotatable bonds is 7. The van der Waals surface area contributed by atoms with Gasteiger partial charge in [0.25, 0.3) is 0 Å². The van der Waals surface area contributed by atoms with Crippen molar-refractivity contribution >= 4 is 54.5 Å². The Morgan fingerprint density at radius 2 is 0.652 bits per heavy atom. The number of para-hydroxylation sites is 4. The fourth-order valence-electron chi connectivity index (χ4n) is 9.98. The van der Waals surface area contributed by atoms with Crippen molar-refractivity contribution < 1.29 is 0 Å². The van der Waals surface area contributed by atoms with Gasteiger partial charge in [-0.2, -0.15) is 0 Å². The lowest BCUT2D eigenvalue weighted by atomic mass is 9.95. The van der Waals surface area contributed by atoms with Crippen molar-refractivity contribution in [3.63, 3.8) is 0 Å². The molecule has 0 aliphatic carbocycles. The largest absolute Gasteiger partial charge is 0.309 e. The Balaban J connectivity index is 0.854. The zero-order valence-corrected chi connectivity index (χ0v) is 35.9. The normalized spacial score (nSPS) is 11.6. The molecule has 0 bridgehead atoms. The highest BCUT2D eigenvalue weighted by atomic mass is 15.0. The van der Waals surface area contributed by atoms with Gasteiger partial charge in [-0.3, -0.25) is 0 Å². The minimum atomic E-state index is 0.700. The lowest BCUT2D eigenvalue weighted by Crippen LogP contribution is -1.97. The molecule has 3 aromatic heterocycles. The third-order valence-electron chi connectivity index (χ3n) is 13.1. The average molecular weight is 841 g/mol. The molecule has 66 heavy (non-hydrogen) atoms. The third-order valence-corrected chi connectivity index (χ3v) is 13.1. The molecule has 10 aromatic carbocycles. The van der Waals surface area contributed by atoms with Gasteiger partial charge in [0.1, 0.15) is 0 Å². The topological polar surface area (TPSA) is 35.6 Å². The minimum Gasteiger partial charge on any atom is -0.309 e. The summed E-state index contributed by atoms with van der Waals surface area (Å²) in [6, 6.07) is 86.9. The van der Waals surface area contributed by atoms with E-state index in [0.29, 0.717) is 5.82 Å². The van der Waals surface area contributed by atoms with Crippen molar-refractivity contribution in [2.45, 2.75) is 0 Å². The van der Waals surface area contributed by atoms with E-state index in [1.165, 1.54) is 60.3 Å². The highest BCUT2D eigenvalue weighted by Crippen LogP contribution is 2.38. The van der Waals surface area contributed by atoms with Crippen LogP contribution in [0.5, 0.6) is 0 Å². The molecule has 0 aliphatic heterocycles. The Kier molecular flexibility index (Phi) is 8.81. The molecule has 0 unspecified atom stereocenters. The van der Waals surface area contributed by atoms with E-state index in [2.05, 4.69) is 252 Å². The van der Waals surface area contributed by atoms with Gasteiger partial charge in [0.15, 0.2) is 5.82 Å². The zero-order chi connectivity index (χ0) is 43.6. The summed E-state index contributed by atoms with van der Waals surface area (Å²) < 4.78 is 4.70. The van der Waals surface area contributed by atoms with Crippen LogP contribution < -0.4 is 0 Å². The summed E-state index contributed by atoms with van der Waals surface area (Å²) in [7, 11) is 0. The minimum absolute atomic E-state index is 0.700. The van der Waals surface area contributed by atoms with Crippen molar-refractivity contribution in [2.75, 3.05) is 0 Å². The smallest absolute Gasteiger partial charge is 0.160 e. The summed E-state index contributed by atoms with van der Waals surface area (Å²) >= 11 is 0. The number of hydrogen-bond donors (Lipinski definition) is 0. The van der Waals surface area contributed by atoms with Crippen molar-refractivity contribution in [2.24, 2.45) is 0 Å². The maximum atomic E-state index is 5.31. The zero-order valence-electron chi connectivity index (χ0n) is 35.9. The lowest BCUT2D eigenvalue weighted by Gasteiger charge is -2.13. The summed E-state index contributed by atoms with van der Waals surface area (Å²) in [5.41, 5.74) is 17.9. The summed E-state index contributed by atoms with van der Waals surface area (Å²) in [4.78, 5) is 10.5. The molecule has 0 atom stereocenters. The fourth-order valence-corrected chi connectivity index (χ4v) is 9.98. The Hall–Kier alpha value is -8.86. The van der Waals surface area contributed by atoms with E-state index in [9.17, 15) is 0 Å². The molecule has 0 saturated carbocycles. The van der Waals surface area contributed by atoms with Gasteiger partial charge < -0.3 is 9.13 Å². The van der Waals surface area contributed by atoms with Gasteiger partial charge in [0.2, 0.25) is 0 Å². The van der Waals surface area contributed by atoms with Gasteiger partial charge in [-0.15, -0.1) is 0 Å². The van der Waals surface area contributed by atoms with Crippen LogP contribution in [0.2, 0.25) is 0 Å². The highest BCUT2D eigenvalue weighted by Gasteiger charge is 2.17. The van der Waals surface area contributed by atoms with Crippen LogP contribution in [0, 0.1) is 0 Å². The standard InChI is InChI=1S/C62H40N4/c1-3-15-41(16-4-1)61-55-40-47(31-35-56(55)63-62(64-61)42-29-33-50(34-30-42)66-57-26-10-7-23-51(57)52-24-8-11-27-58(52)66)45-19-13-17-43(37-45)44-18-14-20-46(38-44)48-32-36-60-54(39-48)53-25-9-12-28-59(53)65(60)49-21-5-2-6-22-49/h1-40H. The molecule has 4 nitrogen and oxygen atoms in total. The second-order valence-corrected chi connectivity index (χ2v) is 17.0. The first-order valence-corrected chi connectivity index (χ1v) is 22.5. The Labute approximate surface area is 382 Å². The van der Waals surface area contributed by atoms with Crippen LogP contribution in [-0.4, -0.2) is 19.1 Å². The van der Waals surface area contributed by atoms with Gasteiger partial charge >= 0.3 is 0 Å². The van der Waals surface area contributed by atoms with E-state index in [0.717, 1.165) is 55.8 Å². The number of nitrogens with zero attached hydrogens (tertiary/aromatic N) is 4. The molecular formula is C62H40N4. The molecule has 0 aliphatic rings. The van der Waals surface area contributed by atoms with Gasteiger partial charge in [0.05, 0.1) is 33.3 Å². The Bertz CT molecular complexity index is 3920. The first-order valence-electron chi connectivity index (χ1n) is 22.5. The summed E-state index contributed by atoms with van der Waals surface area (Å²) in [5.74, 6) is 0.700. The van der Waals surface area contributed by atoms with Crippen molar-refractivity contribution in [3.05, 3.63) is 243 Å². The molecule has 0 N–H and O–H groups in total. The molecule has 13 rings (SSSR count). The second-order valence-electron chi connectivity index (χ2n) is 17.0. The fraction of sp³-hybridized carbons (Fsp3) is 0. The maximum Gasteiger partial charge on any atom is 0.160 e. The van der Waals surface area contributed by atoms with Crippen LogP contribution in [0.3, 0.4) is 0 Å². The molecule has 3 heterocycles. The number of fused-ring (bicyclic) bond motifs is 7. The monoisotopic (exact) mass is 840 g/mol. The number of aromatic nitrogens is 4. The SMILES string of the molecule is c1ccc(-c2nc(-c3ccc(-n4c5ccccc5c5ccccc54)cc3)nc3ccc(-c4cccc(-c5cccc(-c6ccc7c(c6)c6ccccc6n7-c6ccccc6)c5)c4)cc23)cc1. The first-order chi connectivity index (χ1) is 32.7. The van der Waals surface area contributed by atoms with Crippen LogP contribution in [0.1, 0.15) is 0 Å².